The minimum atomic E-state index is -0.575. The third kappa shape index (κ3) is 6.72. The van der Waals surface area contributed by atoms with E-state index in [1.54, 1.807) is 18.2 Å². The van der Waals surface area contributed by atoms with E-state index in [1.807, 2.05) is 32.0 Å². The molecule has 0 aliphatic heterocycles. The van der Waals surface area contributed by atoms with Crippen LogP contribution in [-0.2, 0) is 4.79 Å². The zero-order valence-electron chi connectivity index (χ0n) is 18.4. The number of carbonyl (C=O) groups is 2. The molecule has 0 spiro atoms. The van der Waals surface area contributed by atoms with Gasteiger partial charge < -0.3 is 10.1 Å². The largest absolute Gasteiger partial charge is 0.483 e. The number of nitrogens with one attached hydrogen (secondary N) is 2. The molecule has 0 atom stereocenters. The molecule has 174 valence electrons. The summed E-state index contributed by atoms with van der Waals surface area (Å²) in [5.74, 6) is -0.397. The van der Waals surface area contributed by atoms with Crippen molar-refractivity contribution in [3.8, 4) is 5.75 Å². The van der Waals surface area contributed by atoms with Gasteiger partial charge in [0, 0.05) is 23.4 Å². The predicted molar refractivity (Wildman–Crippen MR) is 132 cm³/mol. The smallest absolute Gasteiger partial charge is 0.271 e. The summed E-state index contributed by atoms with van der Waals surface area (Å²) in [5, 5.41) is 17.5. The first-order valence-corrected chi connectivity index (χ1v) is 10.9. The molecule has 3 aromatic carbocycles. The van der Waals surface area contributed by atoms with Crippen LogP contribution < -0.4 is 15.5 Å². The summed E-state index contributed by atoms with van der Waals surface area (Å²) in [4.78, 5) is 34.6. The Labute approximate surface area is 204 Å². The number of rotatable bonds is 8. The van der Waals surface area contributed by atoms with Crippen LogP contribution >= 0.6 is 15.9 Å². The highest BCUT2D eigenvalue weighted by atomic mass is 79.9. The molecule has 10 heteroatoms. The fraction of sp³-hybridized carbons (Fsp3) is 0.125. The van der Waals surface area contributed by atoms with Gasteiger partial charge in [-0.25, -0.2) is 5.43 Å². The summed E-state index contributed by atoms with van der Waals surface area (Å²) >= 11 is 3.39. The van der Waals surface area contributed by atoms with Crippen molar-refractivity contribution < 1.29 is 19.2 Å². The lowest BCUT2D eigenvalue weighted by atomic mass is 10.1. The van der Waals surface area contributed by atoms with E-state index in [-0.39, 0.29) is 23.8 Å². The van der Waals surface area contributed by atoms with Crippen molar-refractivity contribution in [2.45, 2.75) is 13.8 Å². The Balaban J connectivity index is 1.54. The van der Waals surface area contributed by atoms with Gasteiger partial charge in [-0.2, -0.15) is 5.10 Å². The Morgan fingerprint density at radius 2 is 1.88 bits per heavy atom. The molecule has 0 saturated carbocycles. The minimum absolute atomic E-state index is 0.121. The van der Waals surface area contributed by atoms with Crippen LogP contribution in [0.5, 0.6) is 5.75 Å². The van der Waals surface area contributed by atoms with Crippen molar-refractivity contribution in [1.29, 1.82) is 0 Å². The van der Waals surface area contributed by atoms with Gasteiger partial charge in [0.1, 0.15) is 5.75 Å². The first-order valence-electron chi connectivity index (χ1n) is 10.1. The maximum atomic E-state index is 12.2. The Hall–Kier alpha value is -4.05. The number of aryl methyl sites for hydroxylation is 2. The van der Waals surface area contributed by atoms with Crippen molar-refractivity contribution in [3.05, 3.63) is 97.5 Å². The van der Waals surface area contributed by atoms with Crippen molar-refractivity contribution in [2.24, 2.45) is 5.10 Å². The SMILES string of the molecule is Cc1ccc(NC(=O)COc2ccc(/C=N/NC(=O)c3cccc([N+](=O)[O-])c3)cc2Br)cc1C. The number of ether oxygens (including phenoxy) is 1. The van der Waals surface area contributed by atoms with Crippen molar-refractivity contribution in [3.63, 3.8) is 0 Å². The Morgan fingerprint density at radius 1 is 1.09 bits per heavy atom. The Kier molecular flexibility index (Phi) is 8.10. The molecule has 0 aliphatic rings. The van der Waals surface area contributed by atoms with Crippen molar-refractivity contribution >= 4 is 45.3 Å². The summed E-state index contributed by atoms with van der Waals surface area (Å²) < 4.78 is 6.18. The maximum absolute atomic E-state index is 12.2. The second kappa shape index (κ2) is 11.2. The lowest BCUT2D eigenvalue weighted by Gasteiger charge is -2.10. The van der Waals surface area contributed by atoms with Crippen LogP contribution in [0, 0.1) is 24.0 Å². The third-order valence-electron chi connectivity index (χ3n) is 4.80. The summed E-state index contributed by atoms with van der Waals surface area (Å²) in [6, 6.07) is 16.1. The lowest BCUT2D eigenvalue weighted by Crippen LogP contribution is -2.20. The number of halogens is 1. The summed E-state index contributed by atoms with van der Waals surface area (Å²) in [6.45, 7) is 3.81. The molecule has 0 bridgehead atoms. The fourth-order valence-corrected chi connectivity index (χ4v) is 3.38. The lowest BCUT2D eigenvalue weighted by molar-refractivity contribution is -0.384. The normalized spacial score (nSPS) is 10.7. The zero-order chi connectivity index (χ0) is 24.7. The molecule has 0 aliphatic carbocycles. The molecule has 0 heterocycles. The number of hydrogen-bond acceptors (Lipinski definition) is 6. The van der Waals surface area contributed by atoms with Gasteiger partial charge in [-0.15, -0.1) is 0 Å². The number of anilines is 1. The van der Waals surface area contributed by atoms with Gasteiger partial charge in [0.25, 0.3) is 17.5 Å². The van der Waals surface area contributed by atoms with Gasteiger partial charge in [-0.1, -0.05) is 12.1 Å². The maximum Gasteiger partial charge on any atom is 0.271 e. The molecule has 0 aromatic heterocycles. The van der Waals surface area contributed by atoms with E-state index in [9.17, 15) is 19.7 Å². The van der Waals surface area contributed by atoms with Crippen LogP contribution in [-0.4, -0.2) is 29.6 Å². The quantitative estimate of drug-likeness (QED) is 0.250. The van der Waals surface area contributed by atoms with Crippen molar-refractivity contribution in [1.82, 2.24) is 5.43 Å². The number of hydrazone groups is 1. The van der Waals surface area contributed by atoms with Crippen LogP contribution in [0.4, 0.5) is 11.4 Å². The van der Waals surface area contributed by atoms with Gasteiger partial charge >= 0.3 is 0 Å². The number of non-ortho nitro benzene ring substituents is 1. The van der Waals surface area contributed by atoms with Gasteiger partial charge in [0.05, 0.1) is 15.6 Å². The van der Waals surface area contributed by atoms with E-state index in [4.69, 9.17) is 4.74 Å². The molecule has 2 amide bonds. The molecule has 2 N–H and O–H groups in total. The van der Waals surface area contributed by atoms with Crippen LogP contribution in [0.15, 0.2) is 70.2 Å². The van der Waals surface area contributed by atoms with Gasteiger partial charge in [0.2, 0.25) is 0 Å². The monoisotopic (exact) mass is 524 g/mol. The van der Waals surface area contributed by atoms with Gasteiger partial charge in [0.15, 0.2) is 6.61 Å². The first kappa shape index (κ1) is 24.6. The topological polar surface area (TPSA) is 123 Å². The van der Waals surface area contributed by atoms with Crippen LogP contribution in [0.2, 0.25) is 0 Å². The minimum Gasteiger partial charge on any atom is -0.483 e. The van der Waals surface area contributed by atoms with E-state index in [0.29, 0.717) is 21.5 Å². The number of nitrogens with zero attached hydrogens (tertiary/aromatic N) is 2. The predicted octanol–water partition coefficient (Wildman–Crippen LogP) is 4.76. The molecule has 3 rings (SSSR count). The standard InChI is InChI=1S/C24H21BrN4O5/c1-15-6-8-19(10-16(15)2)27-23(30)14-34-22-9-7-17(11-21(22)25)13-26-28-24(31)18-4-3-5-20(12-18)29(32)33/h3-13H,14H2,1-2H3,(H,27,30)(H,28,31)/b26-13+. The molecule has 9 nitrogen and oxygen atoms in total. The number of nitro benzene ring substituents is 1. The van der Waals surface area contributed by atoms with Crippen molar-refractivity contribution in [2.75, 3.05) is 11.9 Å². The highest BCUT2D eigenvalue weighted by Crippen LogP contribution is 2.25. The second-order valence-corrected chi connectivity index (χ2v) is 8.19. The number of carbonyl (C=O) groups excluding carboxylic acids is 2. The fourth-order valence-electron chi connectivity index (χ4n) is 2.86. The number of benzene rings is 3. The average molecular weight is 525 g/mol. The zero-order valence-corrected chi connectivity index (χ0v) is 20.0. The van der Waals surface area contributed by atoms with E-state index in [0.717, 1.165) is 11.1 Å². The van der Waals surface area contributed by atoms with E-state index < -0.39 is 10.8 Å². The second-order valence-electron chi connectivity index (χ2n) is 7.33. The summed E-state index contributed by atoms with van der Waals surface area (Å²) in [7, 11) is 0. The number of nitro groups is 1. The molecule has 0 radical (unpaired) electrons. The van der Waals surface area contributed by atoms with E-state index >= 15 is 0 Å². The Morgan fingerprint density at radius 3 is 2.59 bits per heavy atom. The molecule has 34 heavy (non-hydrogen) atoms. The molecule has 0 unspecified atom stereocenters. The summed E-state index contributed by atoms with van der Waals surface area (Å²) in [5.41, 5.74) is 5.85. The van der Waals surface area contributed by atoms with Crippen LogP contribution in [0.3, 0.4) is 0 Å². The molecule has 3 aromatic rings. The average Bonchev–Trinajstić information content (AvgIpc) is 2.81. The molecule has 0 saturated heterocycles. The first-order chi connectivity index (χ1) is 16.2. The van der Waals surface area contributed by atoms with Gasteiger partial charge in [-0.3, -0.25) is 19.7 Å². The van der Waals surface area contributed by atoms with Crippen LogP contribution in [0.1, 0.15) is 27.0 Å². The number of amides is 2. The third-order valence-corrected chi connectivity index (χ3v) is 5.42. The van der Waals surface area contributed by atoms with E-state index in [1.165, 1.54) is 30.5 Å². The molecular weight excluding hydrogens is 504 g/mol. The summed E-state index contributed by atoms with van der Waals surface area (Å²) in [6.07, 6.45) is 1.41. The van der Waals surface area contributed by atoms with Gasteiger partial charge in [-0.05, 0) is 82.9 Å². The number of hydrogen-bond donors (Lipinski definition) is 2. The highest BCUT2D eigenvalue weighted by molar-refractivity contribution is 9.10. The van der Waals surface area contributed by atoms with E-state index in [2.05, 4.69) is 31.8 Å². The van der Waals surface area contributed by atoms with Crippen LogP contribution in [0.25, 0.3) is 0 Å². The molecular formula is C24H21BrN4O5. The molecule has 0 fully saturated rings. The highest BCUT2D eigenvalue weighted by Gasteiger charge is 2.11. The Bertz CT molecular complexity index is 1280.